The molecule has 0 radical (unpaired) electrons. The lowest BCUT2D eigenvalue weighted by Gasteiger charge is -2.51. The first kappa shape index (κ1) is 18.9. The normalized spacial score (nSPS) is 25.5. The maximum absolute atomic E-state index is 15.5. The number of rotatable bonds is 1. The number of halogens is 1. The van der Waals surface area contributed by atoms with Gasteiger partial charge in [0.15, 0.2) is 11.6 Å². The molecule has 1 aromatic carbocycles. The van der Waals surface area contributed by atoms with Crippen molar-refractivity contribution in [1.29, 1.82) is 0 Å². The Hall–Kier alpha value is -1.83. The van der Waals surface area contributed by atoms with Crippen LogP contribution in [0.4, 0.5) is 10.1 Å². The highest BCUT2D eigenvalue weighted by atomic mass is 32.2. The van der Waals surface area contributed by atoms with E-state index in [-0.39, 0.29) is 23.0 Å². The summed E-state index contributed by atoms with van der Waals surface area (Å²) in [6, 6.07) is 0. The van der Waals surface area contributed by atoms with Crippen LogP contribution in [0.15, 0.2) is 0 Å². The Balaban J connectivity index is 2.34. The van der Waals surface area contributed by atoms with Crippen LogP contribution >= 0.6 is 0 Å². The number of ether oxygens (including phenoxy) is 1. The van der Waals surface area contributed by atoms with Gasteiger partial charge in [-0.05, 0) is 31.9 Å². The van der Waals surface area contributed by atoms with E-state index in [1.165, 1.54) is 0 Å². The van der Waals surface area contributed by atoms with Gasteiger partial charge in [-0.1, -0.05) is 27.7 Å². The van der Waals surface area contributed by atoms with Crippen molar-refractivity contribution in [2.24, 2.45) is 5.41 Å². The summed E-state index contributed by atoms with van der Waals surface area (Å²) in [5, 5.41) is 0. The van der Waals surface area contributed by atoms with Crippen LogP contribution in [0.3, 0.4) is 0 Å². The van der Waals surface area contributed by atoms with E-state index in [1.807, 2.05) is 32.4 Å². The van der Waals surface area contributed by atoms with E-state index >= 15 is 4.39 Å². The molecule has 0 aromatic heterocycles. The number of anilines is 1. The summed E-state index contributed by atoms with van der Waals surface area (Å²) in [6.45, 7) is 13.2. The molecule has 2 aliphatic heterocycles. The standard InChI is InChI=1S/C18H25FN2O4S/c1-9-10(2)15(21-8-12(22)20-26(21,23)24)14(19)16-13(9)18(6,7)17(4,5)11(3)25-16/h11H,8H2,1-7H3,(H,20,22). The number of fused-ring (bicyclic) bond motifs is 1. The van der Waals surface area contributed by atoms with Crippen molar-refractivity contribution in [2.75, 3.05) is 10.8 Å². The minimum absolute atomic E-state index is 0.0782. The molecule has 1 N–H and O–H groups in total. The van der Waals surface area contributed by atoms with Crippen molar-refractivity contribution in [2.45, 2.75) is 60.0 Å². The lowest BCUT2D eigenvalue weighted by Crippen LogP contribution is -2.51. The average Bonchev–Trinajstić information content (AvgIpc) is 2.76. The highest BCUT2D eigenvalue weighted by molar-refractivity contribution is 7.92. The Kier molecular flexibility index (Phi) is 3.89. The molecule has 2 heterocycles. The highest BCUT2D eigenvalue weighted by Gasteiger charge is 2.51. The number of nitrogens with zero attached hydrogens (tertiary/aromatic N) is 1. The van der Waals surface area contributed by atoms with Gasteiger partial charge in [0.25, 0.3) is 5.91 Å². The van der Waals surface area contributed by atoms with Crippen LogP contribution in [0.1, 0.15) is 51.3 Å². The Morgan fingerprint density at radius 2 is 1.77 bits per heavy atom. The molecule has 6 nitrogen and oxygen atoms in total. The van der Waals surface area contributed by atoms with E-state index in [9.17, 15) is 13.2 Å². The lowest BCUT2D eigenvalue weighted by molar-refractivity contribution is -0.117. The monoisotopic (exact) mass is 384 g/mol. The van der Waals surface area contributed by atoms with E-state index in [1.54, 1.807) is 6.92 Å². The second-order valence-electron chi connectivity index (χ2n) is 8.26. The Morgan fingerprint density at radius 3 is 2.27 bits per heavy atom. The summed E-state index contributed by atoms with van der Waals surface area (Å²) >= 11 is 0. The third-order valence-corrected chi connectivity index (χ3v) is 7.92. The SMILES string of the molecule is Cc1c(C)c2c(c(F)c1N1CC(=O)NS1(=O)=O)OC(C)C(C)(C)C2(C)C. The second kappa shape index (κ2) is 5.34. The van der Waals surface area contributed by atoms with Crippen molar-refractivity contribution >= 4 is 21.8 Å². The molecule has 1 unspecified atom stereocenters. The molecule has 144 valence electrons. The molecule has 1 fully saturated rings. The summed E-state index contributed by atoms with van der Waals surface area (Å²) in [5.41, 5.74) is 1.23. The van der Waals surface area contributed by atoms with E-state index < -0.39 is 33.9 Å². The molecule has 2 aliphatic rings. The quantitative estimate of drug-likeness (QED) is 0.808. The van der Waals surface area contributed by atoms with E-state index in [4.69, 9.17) is 4.74 Å². The molecule has 1 amide bonds. The van der Waals surface area contributed by atoms with Crippen molar-refractivity contribution in [3.8, 4) is 5.75 Å². The minimum atomic E-state index is -4.10. The van der Waals surface area contributed by atoms with Crippen LogP contribution in [0.25, 0.3) is 0 Å². The summed E-state index contributed by atoms with van der Waals surface area (Å²) in [5.74, 6) is -1.34. The summed E-state index contributed by atoms with van der Waals surface area (Å²) in [4.78, 5) is 11.6. The van der Waals surface area contributed by atoms with Gasteiger partial charge >= 0.3 is 10.2 Å². The summed E-state index contributed by atoms with van der Waals surface area (Å²) < 4.78 is 48.6. The zero-order chi connectivity index (χ0) is 19.8. The summed E-state index contributed by atoms with van der Waals surface area (Å²) in [7, 11) is -4.10. The third kappa shape index (κ3) is 2.27. The molecule has 1 atom stereocenters. The van der Waals surface area contributed by atoms with Crippen molar-refractivity contribution in [1.82, 2.24) is 4.72 Å². The number of amides is 1. The van der Waals surface area contributed by atoms with E-state index in [2.05, 4.69) is 13.8 Å². The first-order chi connectivity index (χ1) is 11.7. The van der Waals surface area contributed by atoms with E-state index in [0.717, 1.165) is 15.4 Å². The van der Waals surface area contributed by atoms with Gasteiger partial charge < -0.3 is 4.74 Å². The van der Waals surface area contributed by atoms with Crippen molar-refractivity contribution in [3.05, 3.63) is 22.5 Å². The maximum atomic E-state index is 15.5. The molecule has 0 bridgehead atoms. The van der Waals surface area contributed by atoms with E-state index in [0.29, 0.717) is 5.56 Å². The first-order valence-corrected chi connectivity index (χ1v) is 10.0. The number of carbonyl (C=O) groups is 1. The number of hydrogen-bond acceptors (Lipinski definition) is 4. The molecule has 0 saturated carbocycles. The average molecular weight is 384 g/mol. The zero-order valence-corrected chi connectivity index (χ0v) is 17.0. The minimum Gasteiger partial charge on any atom is -0.487 e. The number of hydrogen-bond donors (Lipinski definition) is 1. The second-order valence-corrected chi connectivity index (χ2v) is 9.86. The van der Waals surface area contributed by atoms with Crippen LogP contribution < -0.4 is 13.8 Å². The van der Waals surface area contributed by atoms with Crippen molar-refractivity contribution < 1.29 is 22.3 Å². The van der Waals surface area contributed by atoms with Gasteiger partial charge in [-0.25, -0.2) is 13.4 Å². The molecule has 26 heavy (non-hydrogen) atoms. The summed E-state index contributed by atoms with van der Waals surface area (Å²) in [6.07, 6.45) is -0.274. The van der Waals surface area contributed by atoms with Gasteiger partial charge in [-0.15, -0.1) is 0 Å². The first-order valence-electron chi connectivity index (χ1n) is 8.56. The van der Waals surface area contributed by atoms with Gasteiger partial charge in [0.05, 0.1) is 5.69 Å². The molecule has 8 heteroatoms. The maximum Gasteiger partial charge on any atom is 0.326 e. The number of nitrogens with one attached hydrogen (secondary N) is 1. The fourth-order valence-electron chi connectivity index (χ4n) is 3.88. The fourth-order valence-corrected chi connectivity index (χ4v) is 5.08. The Morgan fingerprint density at radius 1 is 1.19 bits per heavy atom. The molecule has 0 aliphatic carbocycles. The molecule has 3 rings (SSSR count). The van der Waals surface area contributed by atoms with Crippen LogP contribution in [0.5, 0.6) is 5.75 Å². The predicted octanol–water partition coefficient (Wildman–Crippen LogP) is 2.71. The molecule has 1 saturated heterocycles. The van der Waals surface area contributed by atoms with Crippen LogP contribution in [0, 0.1) is 25.1 Å². The molecule has 0 spiro atoms. The van der Waals surface area contributed by atoms with Gasteiger partial charge in [0, 0.05) is 16.4 Å². The third-order valence-electron chi connectivity index (χ3n) is 6.54. The smallest absolute Gasteiger partial charge is 0.326 e. The van der Waals surface area contributed by atoms with Crippen LogP contribution in [0.2, 0.25) is 0 Å². The van der Waals surface area contributed by atoms with Crippen LogP contribution in [-0.4, -0.2) is 27.0 Å². The van der Waals surface area contributed by atoms with Gasteiger partial charge in [0.1, 0.15) is 12.6 Å². The number of benzene rings is 1. The fraction of sp³-hybridized carbons (Fsp3) is 0.611. The molecule has 1 aromatic rings. The molecular formula is C18H25FN2O4S. The van der Waals surface area contributed by atoms with Gasteiger partial charge in [-0.2, -0.15) is 8.42 Å². The zero-order valence-electron chi connectivity index (χ0n) is 16.2. The van der Waals surface area contributed by atoms with Gasteiger partial charge in [0.2, 0.25) is 0 Å². The Bertz CT molecular complexity index is 922. The molecular weight excluding hydrogens is 359 g/mol. The lowest BCUT2D eigenvalue weighted by atomic mass is 9.59. The van der Waals surface area contributed by atoms with Gasteiger partial charge in [-0.3, -0.25) is 4.79 Å². The van der Waals surface area contributed by atoms with Crippen LogP contribution in [-0.2, 0) is 20.4 Å². The topological polar surface area (TPSA) is 75.7 Å². The van der Waals surface area contributed by atoms with Crippen molar-refractivity contribution in [3.63, 3.8) is 0 Å². The highest BCUT2D eigenvalue weighted by Crippen LogP contribution is 2.55. The number of carbonyl (C=O) groups excluding carboxylic acids is 1. The predicted molar refractivity (Wildman–Crippen MR) is 97.2 cm³/mol. The largest absolute Gasteiger partial charge is 0.487 e. The Labute approximate surface area is 153 Å².